The minimum atomic E-state index is -0.632. The number of benzene rings is 4. The number of nitrogens with one attached hydrogen (secondary N) is 1. The third-order valence-electron chi connectivity index (χ3n) is 7.49. The molecular weight excluding hydrogens is 570 g/mol. The van der Waals surface area contributed by atoms with Crippen LogP contribution >= 0.6 is 11.3 Å². The van der Waals surface area contributed by atoms with Crippen LogP contribution in [0.1, 0.15) is 35.2 Å². The van der Waals surface area contributed by atoms with Crippen molar-refractivity contribution in [2.24, 2.45) is 4.99 Å². The standard InChI is InChI=1S/C36H31N3O4S/c1-23-12-10-11-17-29(23)43-22-27-20-25(18-19-30(27)42-3)21-31-35(41)39-33(26-13-6-4-7-14-26)32(24(2)37-36(39)44-31)34(40)38-28-15-8-5-9-16-28/h4-21,33H,22H2,1-3H3,(H,38,40). The van der Waals surface area contributed by atoms with E-state index < -0.39 is 6.04 Å². The van der Waals surface area contributed by atoms with Gasteiger partial charge in [0, 0.05) is 11.3 Å². The monoisotopic (exact) mass is 601 g/mol. The van der Waals surface area contributed by atoms with E-state index in [9.17, 15) is 9.59 Å². The van der Waals surface area contributed by atoms with Crippen LogP contribution in [0.25, 0.3) is 6.08 Å². The summed E-state index contributed by atoms with van der Waals surface area (Å²) in [6, 6.07) is 31.8. The molecule has 0 saturated carbocycles. The lowest BCUT2D eigenvalue weighted by Gasteiger charge is -2.25. The minimum Gasteiger partial charge on any atom is -0.496 e. The van der Waals surface area contributed by atoms with E-state index in [4.69, 9.17) is 14.5 Å². The van der Waals surface area contributed by atoms with E-state index in [1.807, 2.05) is 123 Å². The van der Waals surface area contributed by atoms with Gasteiger partial charge in [-0.05, 0) is 66.9 Å². The fourth-order valence-electron chi connectivity index (χ4n) is 5.31. The van der Waals surface area contributed by atoms with Crippen LogP contribution in [-0.2, 0) is 11.4 Å². The highest BCUT2D eigenvalue weighted by molar-refractivity contribution is 7.07. The van der Waals surface area contributed by atoms with Crippen LogP contribution in [0.3, 0.4) is 0 Å². The van der Waals surface area contributed by atoms with Crippen LogP contribution in [0.15, 0.2) is 124 Å². The van der Waals surface area contributed by atoms with Gasteiger partial charge in [-0.3, -0.25) is 14.2 Å². The number of anilines is 1. The number of amides is 1. The minimum absolute atomic E-state index is 0.214. The smallest absolute Gasteiger partial charge is 0.271 e. The highest BCUT2D eigenvalue weighted by Crippen LogP contribution is 2.31. The lowest BCUT2D eigenvalue weighted by molar-refractivity contribution is -0.113. The fraction of sp³-hybridized carbons (Fsp3) is 0.139. The highest BCUT2D eigenvalue weighted by Gasteiger charge is 2.32. The number of carbonyl (C=O) groups excluding carboxylic acids is 1. The van der Waals surface area contributed by atoms with Crippen molar-refractivity contribution in [2.75, 3.05) is 12.4 Å². The van der Waals surface area contributed by atoms with Crippen molar-refractivity contribution >= 4 is 29.0 Å². The normalized spacial score (nSPS) is 14.5. The van der Waals surface area contributed by atoms with Crippen molar-refractivity contribution in [3.63, 3.8) is 0 Å². The maximum absolute atomic E-state index is 14.1. The van der Waals surface area contributed by atoms with Gasteiger partial charge < -0.3 is 14.8 Å². The highest BCUT2D eigenvalue weighted by atomic mass is 32.1. The van der Waals surface area contributed by atoms with Crippen molar-refractivity contribution in [1.29, 1.82) is 0 Å². The Morgan fingerprint density at radius 3 is 2.36 bits per heavy atom. The predicted molar refractivity (Wildman–Crippen MR) is 174 cm³/mol. The lowest BCUT2D eigenvalue weighted by atomic mass is 9.95. The van der Waals surface area contributed by atoms with Crippen LogP contribution in [0.2, 0.25) is 0 Å². The van der Waals surface area contributed by atoms with Crippen LogP contribution in [0.4, 0.5) is 5.69 Å². The summed E-state index contributed by atoms with van der Waals surface area (Å²) in [6.07, 6.45) is 1.85. The first-order valence-corrected chi connectivity index (χ1v) is 15.0. The number of thiazole rings is 1. The van der Waals surface area contributed by atoms with Crippen LogP contribution < -0.4 is 29.7 Å². The third-order valence-corrected chi connectivity index (χ3v) is 8.48. The van der Waals surface area contributed by atoms with Gasteiger partial charge in [-0.1, -0.05) is 84.1 Å². The Kier molecular flexibility index (Phi) is 8.25. The van der Waals surface area contributed by atoms with Gasteiger partial charge in [0.1, 0.15) is 18.1 Å². The number of ether oxygens (including phenoxy) is 2. The third kappa shape index (κ3) is 5.85. The molecule has 1 aliphatic heterocycles. The van der Waals surface area contributed by atoms with Crippen molar-refractivity contribution in [2.45, 2.75) is 26.5 Å². The van der Waals surface area contributed by atoms with Crippen molar-refractivity contribution in [3.05, 3.63) is 156 Å². The van der Waals surface area contributed by atoms with Gasteiger partial charge in [0.15, 0.2) is 4.80 Å². The molecule has 8 heteroatoms. The molecule has 1 N–H and O–H groups in total. The number of carbonyl (C=O) groups is 1. The van der Waals surface area contributed by atoms with Gasteiger partial charge in [0.2, 0.25) is 0 Å². The van der Waals surface area contributed by atoms with Crippen LogP contribution in [0.5, 0.6) is 11.5 Å². The largest absolute Gasteiger partial charge is 0.496 e. The molecule has 0 aliphatic carbocycles. The van der Waals surface area contributed by atoms with E-state index in [-0.39, 0.29) is 11.5 Å². The number of allylic oxidation sites excluding steroid dienone is 1. The van der Waals surface area contributed by atoms with E-state index in [0.29, 0.717) is 38.6 Å². The molecule has 0 bridgehead atoms. The van der Waals surface area contributed by atoms with E-state index >= 15 is 0 Å². The van der Waals surface area contributed by atoms with Crippen molar-refractivity contribution < 1.29 is 14.3 Å². The number of aryl methyl sites for hydroxylation is 1. The first-order valence-electron chi connectivity index (χ1n) is 14.2. The first-order chi connectivity index (χ1) is 21.4. The molecule has 1 aromatic heterocycles. The Balaban J connectivity index is 1.40. The zero-order valence-electron chi connectivity index (χ0n) is 24.6. The van der Waals surface area contributed by atoms with Gasteiger partial charge in [-0.15, -0.1) is 0 Å². The molecule has 0 radical (unpaired) electrons. The maximum atomic E-state index is 14.1. The predicted octanol–water partition coefficient (Wildman–Crippen LogP) is 5.77. The quantitative estimate of drug-likeness (QED) is 0.245. The molecule has 1 aliphatic rings. The maximum Gasteiger partial charge on any atom is 0.271 e. The second-order valence-corrected chi connectivity index (χ2v) is 11.4. The topological polar surface area (TPSA) is 81.9 Å². The summed E-state index contributed by atoms with van der Waals surface area (Å²) in [5.41, 5.74) is 5.01. The Hall–Kier alpha value is -5.21. The number of hydrogen-bond acceptors (Lipinski definition) is 6. The number of hydrogen-bond donors (Lipinski definition) is 1. The molecule has 220 valence electrons. The average molecular weight is 602 g/mol. The molecule has 0 saturated heterocycles. The van der Waals surface area contributed by atoms with E-state index in [0.717, 1.165) is 28.0 Å². The molecule has 4 aromatic carbocycles. The van der Waals surface area contributed by atoms with Gasteiger partial charge >= 0.3 is 0 Å². The average Bonchev–Trinajstić information content (AvgIpc) is 3.34. The molecule has 0 fully saturated rings. The van der Waals surface area contributed by atoms with E-state index in [1.165, 1.54) is 11.3 Å². The zero-order valence-corrected chi connectivity index (χ0v) is 25.4. The molecular formula is C36H31N3O4S. The zero-order chi connectivity index (χ0) is 30.6. The van der Waals surface area contributed by atoms with Gasteiger partial charge in [0.05, 0.1) is 29.0 Å². The summed E-state index contributed by atoms with van der Waals surface area (Å²) in [5, 5.41) is 2.98. The Bertz CT molecular complexity index is 2050. The molecule has 1 atom stereocenters. The summed E-state index contributed by atoms with van der Waals surface area (Å²) in [5.74, 6) is 1.21. The molecule has 1 amide bonds. The van der Waals surface area contributed by atoms with Crippen LogP contribution in [-0.4, -0.2) is 17.6 Å². The number of methoxy groups -OCH3 is 1. The molecule has 0 spiro atoms. The molecule has 2 heterocycles. The number of rotatable bonds is 8. The Labute approximate surface area is 259 Å². The summed E-state index contributed by atoms with van der Waals surface area (Å²) >= 11 is 1.30. The second kappa shape index (κ2) is 12.6. The summed E-state index contributed by atoms with van der Waals surface area (Å²) < 4.78 is 13.8. The summed E-state index contributed by atoms with van der Waals surface area (Å²) in [4.78, 5) is 33.0. The van der Waals surface area contributed by atoms with Gasteiger partial charge in [0.25, 0.3) is 11.5 Å². The van der Waals surface area contributed by atoms with Crippen molar-refractivity contribution in [3.8, 4) is 11.5 Å². The summed E-state index contributed by atoms with van der Waals surface area (Å²) in [7, 11) is 1.63. The van der Waals surface area contributed by atoms with E-state index in [2.05, 4.69) is 5.32 Å². The van der Waals surface area contributed by atoms with Crippen molar-refractivity contribution in [1.82, 2.24) is 4.57 Å². The second-order valence-electron chi connectivity index (χ2n) is 10.4. The fourth-order valence-corrected chi connectivity index (χ4v) is 6.36. The number of fused-ring (bicyclic) bond motifs is 1. The summed E-state index contributed by atoms with van der Waals surface area (Å²) in [6.45, 7) is 4.13. The molecule has 5 aromatic rings. The molecule has 6 rings (SSSR count). The van der Waals surface area contributed by atoms with Gasteiger partial charge in [-0.25, -0.2) is 4.99 Å². The lowest BCUT2D eigenvalue weighted by Crippen LogP contribution is -2.40. The Morgan fingerprint density at radius 2 is 1.64 bits per heavy atom. The number of para-hydroxylation sites is 2. The van der Waals surface area contributed by atoms with Gasteiger partial charge in [-0.2, -0.15) is 0 Å². The number of nitrogens with zero attached hydrogens (tertiary/aromatic N) is 2. The SMILES string of the molecule is COc1ccc(C=c2sc3n(c2=O)C(c2ccccc2)C(C(=O)Nc2ccccc2)=C(C)N=3)cc1COc1ccccc1C. The van der Waals surface area contributed by atoms with Crippen LogP contribution in [0, 0.1) is 6.92 Å². The molecule has 7 nitrogen and oxygen atoms in total. The first kappa shape index (κ1) is 28.9. The number of aromatic nitrogens is 1. The molecule has 44 heavy (non-hydrogen) atoms. The molecule has 1 unspecified atom stereocenters. The van der Waals surface area contributed by atoms with E-state index in [1.54, 1.807) is 11.7 Å². The Morgan fingerprint density at radius 1 is 0.932 bits per heavy atom.